The van der Waals surface area contributed by atoms with E-state index in [0.717, 1.165) is 25.8 Å². The number of rotatable bonds is 7. The largest absolute Gasteiger partial charge is 0.493 e. The molecule has 0 aromatic heterocycles. The van der Waals surface area contributed by atoms with Crippen LogP contribution in [0.5, 0.6) is 17.2 Å². The van der Waals surface area contributed by atoms with Crippen LogP contribution in [0, 0.1) is 0 Å². The van der Waals surface area contributed by atoms with Gasteiger partial charge in [-0.3, -0.25) is 4.79 Å². The summed E-state index contributed by atoms with van der Waals surface area (Å²) in [6, 6.07) is 3.71. The number of carbonyl (C=O) groups excluding carboxylic acids is 1. The third-order valence-electron chi connectivity index (χ3n) is 4.21. The number of hydrogen-bond donors (Lipinski definition) is 0. The Morgan fingerprint density at radius 1 is 1.30 bits per heavy atom. The van der Waals surface area contributed by atoms with E-state index in [1.807, 2.05) is 4.90 Å². The van der Waals surface area contributed by atoms with Crippen LogP contribution in [0.3, 0.4) is 0 Å². The van der Waals surface area contributed by atoms with Gasteiger partial charge in [-0.25, -0.2) is 0 Å². The molecule has 1 aromatic carbocycles. The Kier molecular flexibility index (Phi) is 6.13. The standard InChI is InChI=1S/C18H27NO4/c1-5-7-8-19(13(3)6-2)18(20)14-11-15(21-4)17-16(12-14)22-9-10-23-17/h11-13H,5-10H2,1-4H3. The van der Waals surface area contributed by atoms with Crippen LogP contribution in [0.2, 0.25) is 0 Å². The van der Waals surface area contributed by atoms with E-state index in [4.69, 9.17) is 14.2 Å². The minimum atomic E-state index is 0.0167. The van der Waals surface area contributed by atoms with Crippen LogP contribution in [0.1, 0.15) is 50.4 Å². The van der Waals surface area contributed by atoms with Crippen molar-refractivity contribution in [3.05, 3.63) is 17.7 Å². The van der Waals surface area contributed by atoms with Crippen molar-refractivity contribution in [1.82, 2.24) is 4.90 Å². The number of ether oxygens (including phenoxy) is 3. The van der Waals surface area contributed by atoms with Crippen molar-refractivity contribution in [2.24, 2.45) is 0 Å². The van der Waals surface area contributed by atoms with Crippen molar-refractivity contribution in [3.8, 4) is 17.2 Å². The van der Waals surface area contributed by atoms with Crippen molar-refractivity contribution in [2.75, 3.05) is 26.9 Å². The lowest BCUT2D eigenvalue weighted by molar-refractivity contribution is 0.0683. The van der Waals surface area contributed by atoms with Gasteiger partial charge in [0, 0.05) is 18.2 Å². The SMILES string of the molecule is CCCCN(C(=O)c1cc(OC)c2c(c1)OCCO2)C(C)CC. The smallest absolute Gasteiger partial charge is 0.254 e. The zero-order valence-corrected chi connectivity index (χ0v) is 14.6. The zero-order chi connectivity index (χ0) is 16.8. The number of fused-ring (bicyclic) bond motifs is 1. The summed E-state index contributed by atoms with van der Waals surface area (Å²) in [5.41, 5.74) is 0.586. The molecule has 0 fully saturated rings. The molecule has 1 aliphatic heterocycles. The van der Waals surface area contributed by atoms with Crippen LogP contribution in [0.25, 0.3) is 0 Å². The average Bonchev–Trinajstić information content (AvgIpc) is 2.60. The molecule has 0 radical (unpaired) electrons. The van der Waals surface area contributed by atoms with Crippen LogP contribution >= 0.6 is 0 Å². The molecule has 1 amide bonds. The predicted octanol–water partition coefficient (Wildman–Crippen LogP) is 3.51. The topological polar surface area (TPSA) is 48.0 Å². The molecule has 23 heavy (non-hydrogen) atoms. The van der Waals surface area contributed by atoms with E-state index >= 15 is 0 Å². The molecule has 0 spiro atoms. The van der Waals surface area contributed by atoms with Gasteiger partial charge in [0.15, 0.2) is 11.5 Å². The van der Waals surface area contributed by atoms with E-state index in [1.54, 1.807) is 19.2 Å². The Labute approximate surface area is 138 Å². The van der Waals surface area contributed by atoms with Gasteiger partial charge in [0.1, 0.15) is 13.2 Å². The quantitative estimate of drug-likeness (QED) is 0.771. The molecule has 0 saturated heterocycles. The molecular weight excluding hydrogens is 294 g/mol. The monoisotopic (exact) mass is 321 g/mol. The molecule has 1 aromatic rings. The summed E-state index contributed by atoms with van der Waals surface area (Å²) < 4.78 is 16.6. The maximum atomic E-state index is 13.0. The minimum absolute atomic E-state index is 0.0167. The summed E-state index contributed by atoms with van der Waals surface area (Å²) in [5.74, 6) is 1.73. The van der Waals surface area contributed by atoms with Gasteiger partial charge in [-0.05, 0) is 31.9 Å². The van der Waals surface area contributed by atoms with Gasteiger partial charge >= 0.3 is 0 Å². The fourth-order valence-corrected chi connectivity index (χ4v) is 2.63. The third kappa shape index (κ3) is 3.89. The highest BCUT2D eigenvalue weighted by molar-refractivity contribution is 5.96. The summed E-state index contributed by atoms with van der Waals surface area (Å²) in [5, 5.41) is 0. The average molecular weight is 321 g/mol. The number of benzene rings is 1. The van der Waals surface area contributed by atoms with Gasteiger partial charge in [0.05, 0.1) is 7.11 Å². The van der Waals surface area contributed by atoms with E-state index in [-0.39, 0.29) is 11.9 Å². The predicted molar refractivity (Wildman–Crippen MR) is 89.7 cm³/mol. The second-order valence-electron chi connectivity index (χ2n) is 5.81. The van der Waals surface area contributed by atoms with Crippen molar-refractivity contribution in [1.29, 1.82) is 0 Å². The Balaban J connectivity index is 2.32. The van der Waals surface area contributed by atoms with Crippen molar-refractivity contribution in [2.45, 2.75) is 46.1 Å². The molecule has 1 aliphatic rings. The molecule has 0 bridgehead atoms. The molecule has 5 heteroatoms. The Morgan fingerprint density at radius 3 is 2.70 bits per heavy atom. The molecule has 1 atom stereocenters. The summed E-state index contributed by atoms with van der Waals surface area (Å²) in [6.45, 7) is 8.06. The van der Waals surface area contributed by atoms with E-state index in [1.165, 1.54) is 0 Å². The van der Waals surface area contributed by atoms with E-state index < -0.39 is 0 Å². The van der Waals surface area contributed by atoms with Gasteiger partial charge in [0.25, 0.3) is 5.91 Å². The van der Waals surface area contributed by atoms with Crippen LogP contribution in [-0.4, -0.2) is 43.7 Å². The highest BCUT2D eigenvalue weighted by Crippen LogP contribution is 2.40. The maximum absolute atomic E-state index is 13.0. The van der Waals surface area contributed by atoms with Gasteiger partial charge in [-0.2, -0.15) is 0 Å². The normalized spacial score (nSPS) is 14.3. The van der Waals surface area contributed by atoms with Crippen LogP contribution < -0.4 is 14.2 Å². The lowest BCUT2D eigenvalue weighted by Gasteiger charge is -2.29. The Hall–Kier alpha value is -1.91. The number of carbonyl (C=O) groups is 1. The third-order valence-corrected chi connectivity index (χ3v) is 4.21. The molecule has 0 saturated carbocycles. The molecule has 1 unspecified atom stereocenters. The Bertz CT molecular complexity index is 527. The van der Waals surface area contributed by atoms with E-state index in [9.17, 15) is 4.79 Å². The molecule has 1 heterocycles. The zero-order valence-electron chi connectivity index (χ0n) is 14.6. The maximum Gasteiger partial charge on any atom is 0.254 e. The van der Waals surface area contributed by atoms with Crippen LogP contribution in [-0.2, 0) is 0 Å². The number of nitrogens with zero attached hydrogens (tertiary/aromatic N) is 1. The van der Waals surface area contributed by atoms with Crippen molar-refractivity contribution < 1.29 is 19.0 Å². The van der Waals surface area contributed by atoms with Gasteiger partial charge in [0.2, 0.25) is 5.75 Å². The first-order valence-corrected chi connectivity index (χ1v) is 8.40. The first kappa shape index (κ1) is 17.4. The summed E-state index contributed by atoms with van der Waals surface area (Å²) in [4.78, 5) is 14.9. The van der Waals surface area contributed by atoms with Gasteiger partial charge < -0.3 is 19.1 Å². The number of unbranched alkanes of at least 4 members (excludes halogenated alkanes) is 1. The lowest BCUT2D eigenvalue weighted by atomic mass is 10.1. The first-order valence-electron chi connectivity index (χ1n) is 8.40. The van der Waals surface area contributed by atoms with E-state index in [2.05, 4.69) is 20.8 Å². The number of hydrogen-bond acceptors (Lipinski definition) is 4. The van der Waals surface area contributed by atoms with Crippen molar-refractivity contribution in [3.63, 3.8) is 0 Å². The summed E-state index contributed by atoms with van der Waals surface area (Å²) in [6.07, 6.45) is 2.99. The van der Waals surface area contributed by atoms with Crippen LogP contribution in [0.15, 0.2) is 12.1 Å². The molecule has 0 aliphatic carbocycles. The molecule has 5 nitrogen and oxygen atoms in total. The Morgan fingerprint density at radius 2 is 2.04 bits per heavy atom. The number of amides is 1. The first-order chi connectivity index (χ1) is 11.1. The second kappa shape index (κ2) is 8.09. The second-order valence-corrected chi connectivity index (χ2v) is 5.81. The fourth-order valence-electron chi connectivity index (χ4n) is 2.63. The minimum Gasteiger partial charge on any atom is -0.493 e. The lowest BCUT2D eigenvalue weighted by Crippen LogP contribution is -2.39. The molecular formula is C18H27NO4. The highest BCUT2D eigenvalue weighted by atomic mass is 16.6. The molecule has 128 valence electrons. The van der Waals surface area contributed by atoms with Crippen LogP contribution in [0.4, 0.5) is 0 Å². The summed E-state index contributed by atoms with van der Waals surface area (Å²) >= 11 is 0. The molecule has 0 N–H and O–H groups in total. The van der Waals surface area contributed by atoms with Gasteiger partial charge in [-0.15, -0.1) is 0 Å². The van der Waals surface area contributed by atoms with Gasteiger partial charge in [-0.1, -0.05) is 20.3 Å². The fraction of sp³-hybridized carbons (Fsp3) is 0.611. The van der Waals surface area contributed by atoms with E-state index in [0.29, 0.717) is 36.0 Å². The van der Waals surface area contributed by atoms with Crippen molar-refractivity contribution >= 4 is 5.91 Å². The molecule has 2 rings (SSSR count). The summed E-state index contributed by atoms with van der Waals surface area (Å²) in [7, 11) is 1.57. The highest BCUT2D eigenvalue weighted by Gasteiger charge is 2.25. The number of methoxy groups -OCH3 is 1.